The van der Waals surface area contributed by atoms with Crippen LogP contribution in [0.4, 0.5) is 0 Å². The Morgan fingerprint density at radius 1 is 1.47 bits per heavy atom. The van der Waals surface area contributed by atoms with Gasteiger partial charge in [-0.2, -0.15) is 0 Å². The minimum Gasteiger partial charge on any atom is -0.316 e. The predicted molar refractivity (Wildman–Crippen MR) is 67.0 cm³/mol. The van der Waals surface area contributed by atoms with Gasteiger partial charge >= 0.3 is 0 Å². The Morgan fingerprint density at radius 2 is 2.35 bits per heavy atom. The van der Waals surface area contributed by atoms with E-state index in [-0.39, 0.29) is 5.41 Å². The molecule has 3 rings (SSSR count). The van der Waals surface area contributed by atoms with E-state index in [0.717, 1.165) is 38.4 Å². The van der Waals surface area contributed by atoms with Gasteiger partial charge in [0.25, 0.3) is 0 Å². The van der Waals surface area contributed by atoms with Crippen LogP contribution in [0, 0.1) is 5.92 Å². The minimum absolute atomic E-state index is 0.242. The molecule has 1 saturated heterocycles. The van der Waals surface area contributed by atoms with Crippen molar-refractivity contribution in [2.45, 2.75) is 51.5 Å². The molecule has 1 fully saturated rings. The lowest BCUT2D eigenvalue weighted by atomic mass is 9.83. The molecule has 0 spiro atoms. The van der Waals surface area contributed by atoms with Crippen LogP contribution in [-0.4, -0.2) is 27.9 Å². The highest BCUT2D eigenvalue weighted by atomic mass is 15.3. The van der Waals surface area contributed by atoms with Crippen molar-refractivity contribution in [2.24, 2.45) is 5.92 Å². The second kappa shape index (κ2) is 4.09. The molecule has 0 radical (unpaired) electrons. The van der Waals surface area contributed by atoms with E-state index in [9.17, 15) is 0 Å². The molecule has 2 aliphatic rings. The number of fused-ring (bicyclic) bond motifs is 1. The molecule has 0 saturated carbocycles. The zero-order chi connectivity index (χ0) is 11.9. The average molecular weight is 234 g/mol. The maximum Gasteiger partial charge on any atom is 0.140 e. The van der Waals surface area contributed by atoms with E-state index in [1.54, 1.807) is 0 Å². The maximum atomic E-state index is 4.53. The van der Waals surface area contributed by atoms with Crippen LogP contribution in [0.5, 0.6) is 0 Å². The third-order valence-corrected chi connectivity index (χ3v) is 4.60. The molecule has 1 N–H and O–H groups in total. The molecule has 4 nitrogen and oxygen atoms in total. The first kappa shape index (κ1) is 11.2. The largest absolute Gasteiger partial charge is 0.316 e. The fourth-order valence-electron chi connectivity index (χ4n) is 3.27. The first-order chi connectivity index (χ1) is 8.25. The Labute approximate surface area is 103 Å². The summed E-state index contributed by atoms with van der Waals surface area (Å²) in [6.07, 6.45) is 4.73. The Morgan fingerprint density at radius 3 is 3.06 bits per heavy atom. The number of nitrogens with one attached hydrogen (secondary N) is 1. The molecule has 0 bridgehead atoms. The van der Waals surface area contributed by atoms with Crippen LogP contribution < -0.4 is 5.32 Å². The lowest BCUT2D eigenvalue weighted by molar-refractivity contribution is 0.357. The third kappa shape index (κ3) is 1.69. The Balaban J connectivity index is 1.98. The highest BCUT2D eigenvalue weighted by molar-refractivity contribution is 5.15. The second-order valence-electron chi connectivity index (χ2n) is 5.75. The molecule has 1 aromatic rings. The van der Waals surface area contributed by atoms with Gasteiger partial charge in [-0.1, -0.05) is 13.8 Å². The summed E-state index contributed by atoms with van der Waals surface area (Å²) in [5.41, 5.74) is 0.242. The summed E-state index contributed by atoms with van der Waals surface area (Å²) >= 11 is 0. The lowest BCUT2D eigenvalue weighted by Gasteiger charge is -2.29. The minimum atomic E-state index is 0.242. The van der Waals surface area contributed by atoms with Crippen LogP contribution in [0.25, 0.3) is 0 Å². The van der Waals surface area contributed by atoms with Crippen molar-refractivity contribution in [1.29, 1.82) is 0 Å². The zero-order valence-corrected chi connectivity index (χ0v) is 10.9. The van der Waals surface area contributed by atoms with Gasteiger partial charge in [-0.05, 0) is 31.7 Å². The number of hydrogen-bond donors (Lipinski definition) is 1. The van der Waals surface area contributed by atoms with Crippen molar-refractivity contribution in [3.63, 3.8) is 0 Å². The highest BCUT2D eigenvalue weighted by Gasteiger charge is 2.39. The summed E-state index contributed by atoms with van der Waals surface area (Å²) < 4.78 is 2.40. The predicted octanol–water partition coefficient (Wildman–Crippen LogP) is 1.50. The molecule has 94 valence electrons. The molecule has 1 aromatic heterocycles. The Bertz CT molecular complexity index is 404. The molecule has 0 aliphatic carbocycles. The van der Waals surface area contributed by atoms with Gasteiger partial charge in [-0.3, -0.25) is 0 Å². The quantitative estimate of drug-likeness (QED) is 0.843. The summed E-state index contributed by atoms with van der Waals surface area (Å²) in [7, 11) is 0. The van der Waals surface area contributed by atoms with Gasteiger partial charge in [0.05, 0.1) is 0 Å². The first-order valence-corrected chi connectivity index (χ1v) is 6.88. The van der Waals surface area contributed by atoms with Gasteiger partial charge < -0.3 is 9.88 Å². The summed E-state index contributed by atoms with van der Waals surface area (Å²) in [6, 6.07) is 0. The molecule has 3 heterocycles. The highest BCUT2D eigenvalue weighted by Crippen LogP contribution is 2.34. The summed E-state index contributed by atoms with van der Waals surface area (Å²) in [5.74, 6) is 3.21. The van der Waals surface area contributed by atoms with Crippen LogP contribution in [0.15, 0.2) is 0 Å². The normalized spacial score (nSPS) is 32.7. The molecule has 0 aromatic carbocycles. The first-order valence-electron chi connectivity index (χ1n) is 6.88. The number of aromatic nitrogens is 3. The van der Waals surface area contributed by atoms with Crippen molar-refractivity contribution < 1.29 is 0 Å². The molecule has 2 atom stereocenters. The van der Waals surface area contributed by atoms with Crippen LogP contribution >= 0.6 is 0 Å². The maximum absolute atomic E-state index is 4.53. The van der Waals surface area contributed by atoms with Gasteiger partial charge in [-0.25, -0.2) is 0 Å². The molecule has 4 heteroatoms. The van der Waals surface area contributed by atoms with Gasteiger partial charge in [0.15, 0.2) is 0 Å². The molecule has 2 unspecified atom stereocenters. The Hall–Kier alpha value is -0.900. The van der Waals surface area contributed by atoms with Gasteiger partial charge in [0.2, 0.25) is 0 Å². The fourth-order valence-corrected chi connectivity index (χ4v) is 3.27. The standard InChI is InChI=1S/C13H22N4/c1-3-13(5-6-14-9-13)12-16-15-11-8-10(2)4-7-17(11)12/h10,14H,3-9H2,1-2H3. The number of rotatable bonds is 2. The molecular formula is C13H22N4. The third-order valence-electron chi connectivity index (χ3n) is 4.60. The lowest BCUT2D eigenvalue weighted by Crippen LogP contribution is -2.33. The van der Waals surface area contributed by atoms with Crippen molar-refractivity contribution in [3.05, 3.63) is 11.6 Å². The molecule has 2 aliphatic heterocycles. The van der Waals surface area contributed by atoms with Gasteiger partial charge in [-0.15, -0.1) is 10.2 Å². The average Bonchev–Trinajstić information content (AvgIpc) is 2.94. The topological polar surface area (TPSA) is 42.7 Å². The van der Waals surface area contributed by atoms with Crippen LogP contribution in [0.2, 0.25) is 0 Å². The van der Waals surface area contributed by atoms with Crippen LogP contribution in [0.3, 0.4) is 0 Å². The summed E-state index contributed by atoms with van der Waals surface area (Å²) in [5, 5.41) is 12.4. The summed E-state index contributed by atoms with van der Waals surface area (Å²) in [4.78, 5) is 0. The van der Waals surface area contributed by atoms with E-state index >= 15 is 0 Å². The van der Waals surface area contributed by atoms with E-state index in [4.69, 9.17) is 0 Å². The van der Waals surface area contributed by atoms with E-state index in [1.165, 1.54) is 24.5 Å². The van der Waals surface area contributed by atoms with E-state index in [2.05, 4.69) is 33.9 Å². The van der Waals surface area contributed by atoms with E-state index in [1.807, 2.05) is 0 Å². The molecule has 0 amide bonds. The van der Waals surface area contributed by atoms with Crippen molar-refractivity contribution in [3.8, 4) is 0 Å². The van der Waals surface area contributed by atoms with Gasteiger partial charge in [0.1, 0.15) is 11.6 Å². The number of hydrogen-bond acceptors (Lipinski definition) is 3. The zero-order valence-electron chi connectivity index (χ0n) is 10.9. The van der Waals surface area contributed by atoms with Gasteiger partial charge in [0, 0.05) is 24.9 Å². The SMILES string of the molecule is CCC1(c2nnc3n2CCC(C)C3)CCNC1. The van der Waals surface area contributed by atoms with Crippen molar-refractivity contribution in [1.82, 2.24) is 20.1 Å². The van der Waals surface area contributed by atoms with Crippen LogP contribution in [-0.2, 0) is 18.4 Å². The molecule has 17 heavy (non-hydrogen) atoms. The van der Waals surface area contributed by atoms with Crippen molar-refractivity contribution in [2.75, 3.05) is 13.1 Å². The molecular weight excluding hydrogens is 212 g/mol. The number of nitrogens with zero attached hydrogens (tertiary/aromatic N) is 3. The van der Waals surface area contributed by atoms with E-state index in [0.29, 0.717) is 0 Å². The van der Waals surface area contributed by atoms with E-state index < -0.39 is 0 Å². The smallest absolute Gasteiger partial charge is 0.140 e. The fraction of sp³-hybridized carbons (Fsp3) is 0.846. The Kier molecular flexibility index (Phi) is 2.69. The summed E-state index contributed by atoms with van der Waals surface area (Å²) in [6.45, 7) is 7.88. The van der Waals surface area contributed by atoms with Crippen LogP contribution in [0.1, 0.15) is 44.8 Å². The monoisotopic (exact) mass is 234 g/mol. The van der Waals surface area contributed by atoms with Crippen molar-refractivity contribution >= 4 is 0 Å². The second-order valence-corrected chi connectivity index (χ2v) is 5.75.